The third-order valence-electron chi connectivity index (χ3n) is 5.26. The largest absolute Gasteiger partial charge is 0.353 e. The molecule has 5 nitrogen and oxygen atoms in total. The fraction of sp³-hybridized carbons (Fsp3) is 0.450. The summed E-state index contributed by atoms with van der Waals surface area (Å²) in [5.74, 6) is 1.71. The molecule has 1 amide bonds. The Morgan fingerprint density at radius 3 is 2.50 bits per heavy atom. The Morgan fingerprint density at radius 1 is 1.12 bits per heavy atom. The van der Waals surface area contributed by atoms with Gasteiger partial charge in [-0.1, -0.05) is 12.1 Å². The minimum Gasteiger partial charge on any atom is -0.353 e. The predicted molar refractivity (Wildman–Crippen MR) is 98.4 cm³/mol. The van der Waals surface area contributed by atoms with Crippen molar-refractivity contribution >= 4 is 11.7 Å². The van der Waals surface area contributed by atoms with Crippen molar-refractivity contribution in [2.45, 2.75) is 26.7 Å². The topological polar surface area (TPSA) is 49.3 Å². The maximum Gasteiger partial charge on any atom is 0.225 e. The van der Waals surface area contributed by atoms with Gasteiger partial charge in [0.25, 0.3) is 0 Å². The second-order valence-corrected chi connectivity index (χ2v) is 7.18. The van der Waals surface area contributed by atoms with E-state index in [4.69, 9.17) is 4.98 Å². The molecule has 1 aliphatic carbocycles. The van der Waals surface area contributed by atoms with Crippen LogP contribution in [0.3, 0.4) is 0 Å². The smallest absolute Gasteiger partial charge is 0.225 e. The summed E-state index contributed by atoms with van der Waals surface area (Å²) in [6.07, 6.45) is 2.08. The average Bonchev–Trinajstić information content (AvgIpc) is 3.49. The predicted octanol–water partition coefficient (Wildman–Crippen LogP) is 2.96. The molecule has 1 aromatic heterocycles. The van der Waals surface area contributed by atoms with Gasteiger partial charge < -0.3 is 9.80 Å². The van der Waals surface area contributed by atoms with Gasteiger partial charge >= 0.3 is 0 Å². The molecule has 2 aromatic rings. The quantitative estimate of drug-likeness (QED) is 0.850. The van der Waals surface area contributed by atoms with Gasteiger partial charge in [-0.3, -0.25) is 4.79 Å². The molecule has 0 spiro atoms. The molecule has 0 N–H and O–H groups in total. The van der Waals surface area contributed by atoms with E-state index in [2.05, 4.69) is 9.88 Å². The van der Waals surface area contributed by atoms with Gasteiger partial charge in [-0.2, -0.15) is 0 Å². The van der Waals surface area contributed by atoms with Crippen LogP contribution in [0.25, 0.3) is 11.4 Å². The first-order valence-electron chi connectivity index (χ1n) is 9.18. The van der Waals surface area contributed by atoms with Gasteiger partial charge in [0.05, 0.1) is 0 Å². The van der Waals surface area contributed by atoms with Crippen molar-refractivity contribution in [1.29, 1.82) is 0 Å². The van der Waals surface area contributed by atoms with Crippen LogP contribution in [0, 0.1) is 25.6 Å². The van der Waals surface area contributed by atoms with Crippen LogP contribution in [0.2, 0.25) is 0 Å². The summed E-state index contributed by atoms with van der Waals surface area (Å²) >= 11 is 0. The molecule has 2 aliphatic rings. The highest BCUT2D eigenvalue weighted by Crippen LogP contribution is 2.32. The SMILES string of the molecule is Cc1nc(-c2cccc(F)c2)nc(N2CCN(C(=O)C3CC3)CC2)c1C. The third-order valence-corrected chi connectivity index (χ3v) is 5.26. The number of aryl methyl sites for hydroxylation is 1. The molecule has 26 heavy (non-hydrogen) atoms. The van der Waals surface area contributed by atoms with Crippen LogP contribution < -0.4 is 4.90 Å². The molecule has 1 saturated heterocycles. The zero-order valence-corrected chi connectivity index (χ0v) is 15.2. The van der Waals surface area contributed by atoms with Crippen molar-refractivity contribution in [2.24, 2.45) is 5.92 Å². The number of hydrogen-bond donors (Lipinski definition) is 0. The van der Waals surface area contributed by atoms with Gasteiger partial charge in [-0.05, 0) is 38.8 Å². The summed E-state index contributed by atoms with van der Waals surface area (Å²) < 4.78 is 13.6. The summed E-state index contributed by atoms with van der Waals surface area (Å²) in [5, 5.41) is 0. The van der Waals surface area contributed by atoms with E-state index >= 15 is 0 Å². The van der Waals surface area contributed by atoms with Crippen LogP contribution in [0.4, 0.5) is 10.2 Å². The fourth-order valence-electron chi connectivity index (χ4n) is 3.41. The van der Waals surface area contributed by atoms with Crippen molar-refractivity contribution in [3.05, 3.63) is 41.3 Å². The summed E-state index contributed by atoms with van der Waals surface area (Å²) in [6.45, 7) is 6.95. The maximum absolute atomic E-state index is 13.6. The minimum atomic E-state index is -0.293. The van der Waals surface area contributed by atoms with Gasteiger partial charge in [0.2, 0.25) is 5.91 Å². The molecule has 6 heteroatoms. The van der Waals surface area contributed by atoms with Gasteiger partial charge in [0.1, 0.15) is 11.6 Å². The zero-order valence-electron chi connectivity index (χ0n) is 15.2. The van der Waals surface area contributed by atoms with Gasteiger partial charge in [0.15, 0.2) is 5.82 Å². The molecule has 2 fully saturated rings. The van der Waals surface area contributed by atoms with Gasteiger partial charge in [-0.25, -0.2) is 14.4 Å². The fourth-order valence-corrected chi connectivity index (χ4v) is 3.41. The van der Waals surface area contributed by atoms with Crippen LogP contribution >= 0.6 is 0 Å². The Kier molecular flexibility index (Phi) is 4.34. The number of halogens is 1. The van der Waals surface area contributed by atoms with E-state index in [9.17, 15) is 9.18 Å². The number of rotatable bonds is 3. The molecular weight excluding hydrogens is 331 g/mol. The summed E-state index contributed by atoms with van der Waals surface area (Å²) in [7, 11) is 0. The average molecular weight is 354 g/mol. The monoisotopic (exact) mass is 354 g/mol. The van der Waals surface area contributed by atoms with E-state index in [1.807, 2.05) is 24.8 Å². The number of benzene rings is 1. The zero-order chi connectivity index (χ0) is 18.3. The van der Waals surface area contributed by atoms with E-state index in [1.54, 1.807) is 6.07 Å². The highest BCUT2D eigenvalue weighted by molar-refractivity contribution is 5.81. The van der Waals surface area contributed by atoms with E-state index in [0.29, 0.717) is 17.3 Å². The minimum absolute atomic E-state index is 0.268. The molecule has 1 saturated carbocycles. The lowest BCUT2D eigenvalue weighted by molar-refractivity contribution is -0.132. The van der Waals surface area contributed by atoms with Crippen molar-refractivity contribution < 1.29 is 9.18 Å². The summed E-state index contributed by atoms with van der Waals surface area (Å²) in [6, 6.07) is 6.37. The van der Waals surface area contributed by atoms with E-state index < -0.39 is 0 Å². The van der Waals surface area contributed by atoms with E-state index in [-0.39, 0.29) is 11.7 Å². The van der Waals surface area contributed by atoms with Crippen molar-refractivity contribution in [2.75, 3.05) is 31.1 Å². The third kappa shape index (κ3) is 3.28. The second kappa shape index (κ2) is 6.67. The normalized spacial score (nSPS) is 17.5. The molecule has 1 aliphatic heterocycles. The van der Waals surface area contributed by atoms with Crippen molar-refractivity contribution in [3.63, 3.8) is 0 Å². The highest BCUT2D eigenvalue weighted by atomic mass is 19.1. The molecule has 2 heterocycles. The number of anilines is 1. The highest BCUT2D eigenvalue weighted by Gasteiger charge is 2.35. The Balaban J connectivity index is 1.57. The molecule has 0 bridgehead atoms. The summed E-state index contributed by atoms with van der Waals surface area (Å²) in [5.41, 5.74) is 2.61. The number of carbonyl (C=O) groups excluding carboxylic acids is 1. The van der Waals surface area contributed by atoms with Crippen LogP contribution in [0.15, 0.2) is 24.3 Å². The van der Waals surface area contributed by atoms with Crippen LogP contribution in [-0.4, -0.2) is 47.0 Å². The Labute approximate surface area is 152 Å². The number of nitrogens with zero attached hydrogens (tertiary/aromatic N) is 4. The molecule has 0 atom stereocenters. The molecule has 4 rings (SSSR count). The van der Waals surface area contributed by atoms with Crippen molar-refractivity contribution in [3.8, 4) is 11.4 Å². The van der Waals surface area contributed by atoms with Crippen LogP contribution in [0.5, 0.6) is 0 Å². The summed E-state index contributed by atoms with van der Waals surface area (Å²) in [4.78, 5) is 25.7. The molecule has 1 aromatic carbocycles. The van der Waals surface area contributed by atoms with E-state index in [1.165, 1.54) is 12.1 Å². The lowest BCUT2D eigenvalue weighted by Gasteiger charge is -2.36. The number of piperazine rings is 1. The van der Waals surface area contributed by atoms with Gasteiger partial charge in [-0.15, -0.1) is 0 Å². The number of aromatic nitrogens is 2. The van der Waals surface area contributed by atoms with Crippen LogP contribution in [-0.2, 0) is 4.79 Å². The first-order valence-corrected chi connectivity index (χ1v) is 9.18. The standard InChI is InChI=1S/C20H23FN4O/c1-13-14(2)22-18(16-4-3-5-17(21)12-16)23-19(13)24-8-10-25(11-9-24)20(26)15-6-7-15/h3-5,12,15H,6-11H2,1-2H3. The molecule has 0 radical (unpaired) electrons. The Bertz CT molecular complexity index is 842. The maximum atomic E-state index is 13.6. The second-order valence-electron chi connectivity index (χ2n) is 7.18. The van der Waals surface area contributed by atoms with Crippen molar-refractivity contribution in [1.82, 2.24) is 14.9 Å². The Hall–Kier alpha value is -2.50. The van der Waals surface area contributed by atoms with E-state index in [0.717, 1.165) is 56.1 Å². The lowest BCUT2D eigenvalue weighted by Crippen LogP contribution is -2.49. The molecule has 136 valence electrons. The lowest BCUT2D eigenvalue weighted by atomic mass is 10.1. The van der Waals surface area contributed by atoms with Crippen LogP contribution in [0.1, 0.15) is 24.1 Å². The first-order chi connectivity index (χ1) is 12.5. The molecule has 0 unspecified atom stereocenters. The number of amides is 1. The number of hydrogen-bond acceptors (Lipinski definition) is 4. The number of carbonyl (C=O) groups is 1. The van der Waals surface area contributed by atoms with Gasteiger partial charge in [0, 0.05) is 48.9 Å². The molecular formula is C20H23FN4O. The Morgan fingerprint density at radius 2 is 1.85 bits per heavy atom. The first kappa shape index (κ1) is 16.9.